The third-order valence-corrected chi connectivity index (χ3v) is 5.23. The van der Waals surface area contributed by atoms with Gasteiger partial charge in [-0.15, -0.1) is 0 Å². The van der Waals surface area contributed by atoms with Crippen molar-refractivity contribution in [2.24, 2.45) is 7.05 Å². The minimum atomic E-state index is -0.587. The van der Waals surface area contributed by atoms with Gasteiger partial charge < -0.3 is 5.11 Å². The van der Waals surface area contributed by atoms with E-state index in [0.717, 1.165) is 30.7 Å². The zero-order valence-corrected chi connectivity index (χ0v) is 11.0. The molecule has 1 fully saturated rings. The first-order valence-corrected chi connectivity index (χ1v) is 7.13. The van der Waals surface area contributed by atoms with Gasteiger partial charge in [0.2, 0.25) is 5.52 Å². The molecule has 3 rings (SSSR count). The summed E-state index contributed by atoms with van der Waals surface area (Å²) in [5, 5.41) is 11.9. The summed E-state index contributed by atoms with van der Waals surface area (Å²) in [7, 11) is 2.07. The zero-order valence-electron chi connectivity index (χ0n) is 10.1. The van der Waals surface area contributed by atoms with Crippen molar-refractivity contribution >= 4 is 21.6 Å². The molecule has 0 spiro atoms. The molecule has 17 heavy (non-hydrogen) atoms. The third-order valence-electron chi connectivity index (χ3n) is 3.82. The molecule has 0 atom stereocenters. The molecule has 1 N–H and O–H groups in total. The number of fused-ring (bicyclic) bond motifs is 1. The summed E-state index contributed by atoms with van der Waals surface area (Å²) < 4.78 is 3.44. The van der Waals surface area contributed by atoms with E-state index in [-0.39, 0.29) is 0 Å². The highest BCUT2D eigenvalue weighted by molar-refractivity contribution is 7.18. The summed E-state index contributed by atoms with van der Waals surface area (Å²) in [4.78, 5) is 0. The predicted molar refractivity (Wildman–Crippen MR) is 70.0 cm³/mol. The molecular weight excluding hydrogens is 230 g/mol. The summed E-state index contributed by atoms with van der Waals surface area (Å²) in [6.45, 7) is 0. The van der Waals surface area contributed by atoms with E-state index < -0.39 is 5.60 Å². The number of benzene rings is 1. The van der Waals surface area contributed by atoms with E-state index in [9.17, 15) is 5.11 Å². The lowest BCUT2D eigenvalue weighted by Crippen LogP contribution is -2.42. The topological polar surface area (TPSA) is 24.1 Å². The molecule has 1 aromatic carbocycles. The van der Waals surface area contributed by atoms with Crippen molar-refractivity contribution in [2.45, 2.75) is 37.7 Å². The van der Waals surface area contributed by atoms with Crippen molar-refractivity contribution in [1.82, 2.24) is 0 Å². The van der Waals surface area contributed by atoms with E-state index in [1.54, 1.807) is 11.3 Å². The van der Waals surface area contributed by atoms with Crippen LogP contribution in [0.1, 0.15) is 37.1 Å². The standard InChI is InChI=1S/C14H18NOS/c1-15-11-7-3-4-8-12(11)17-13(15)14(16)9-5-2-6-10-14/h3-4,7-8,16H,2,5-6,9-10H2,1H3/q+1. The summed E-state index contributed by atoms with van der Waals surface area (Å²) in [6, 6.07) is 8.38. The highest BCUT2D eigenvalue weighted by atomic mass is 32.1. The number of thiazole rings is 1. The van der Waals surface area contributed by atoms with Crippen LogP contribution in [0.2, 0.25) is 0 Å². The molecule has 0 unspecified atom stereocenters. The van der Waals surface area contributed by atoms with Crippen molar-refractivity contribution in [3.8, 4) is 0 Å². The van der Waals surface area contributed by atoms with Crippen molar-refractivity contribution in [3.05, 3.63) is 29.3 Å². The fraction of sp³-hybridized carbons (Fsp3) is 0.500. The Balaban J connectivity index is 2.13. The van der Waals surface area contributed by atoms with E-state index in [0.29, 0.717) is 0 Å². The maximum Gasteiger partial charge on any atom is 0.270 e. The Hall–Kier alpha value is -0.930. The SMILES string of the molecule is C[n+]1c(C2(O)CCCCC2)sc2ccccc21. The van der Waals surface area contributed by atoms with Gasteiger partial charge in [0.05, 0.1) is 0 Å². The first-order valence-electron chi connectivity index (χ1n) is 6.31. The van der Waals surface area contributed by atoms with Crippen LogP contribution in [0.5, 0.6) is 0 Å². The molecule has 1 aromatic heterocycles. The average molecular weight is 248 g/mol. The highest BCUT2D eigenvalue weighted by Gasteiger charge is 2.40. The summed E-state index contributed by atoms with van der Waals surface area (Å²) >= 11 is 1.74. The molecule has 1 saturated carbocycles. The number of hydrogen-bond donors (Lipinski definition) is 1. The van der Waals surface area contributed by atoms with Crippen LogP contribution < -0.4 is 4.57 Å². The normalized spacial score (nSPS) is 19.6. The number of aliphatic hydroxyl groups is 1. The van der Waals surface area contributed by atoms with Crippen molar-refractivity contribution in [3.63, 3.8) is 0 Å². The molecule has 90 valence electrons. The van der Waals surface area contributed by atoms with Crippen LogP contribution in [0.4, 0.5) is 0 Å². The fourth-order valence-corrected chi connectivity index (χ4v) is 4.15. The number of aromatic nitrogens is 1. The first kappa shape index (κ1) is 11.2. The van der Waals surface area contributed by atoms with E-state index in [1.165, 1.54) is 16.6 Å². The van der Waals surface area contributed by atoms with E-state index in [1.807, 2.05) is 0 Å². The molecule has 0 saturated heterocycles. The van der Waals surface area contributed by atoms with Gasteiger partial charge in [-0.2, -0.15) is 4.57 Å². The van der Waals surface area contributed by atoms with Gasteiger partial charge in [-0.3, -0.25) is 0 Å². The third kappa shape index (κ3) is 1.78. The van der Waals surface area contributed by atoms with Gasteiger partial charge in [-0.25, -0.2) is 0 Å². The number of rotatable bonds is 1. The Labute approximate surface area is 106 Å². The minimum absolute atomic E-state index is 0.587. The highest BCUT2D eigenvalue weighted by Crippen LogP contribution is 2.39. The lowest BCUT2D eigenvalue weighted by Gasteiger charge is -2.27. The molecule has 0 radical (unpaired) electrons. The maximum absolute atomic E-state index is 10.8. The molecule has 2 nitrogen and oxygen atoms in total. The van der Waals surface area contributed by atoms with Gasteiger partial charge in [0.25, 0.3) is 5.01 Å². The molecule has 0 aliphatic heterocycles. The number of hydrogen-bond acceptors (Lipinski definition) is 2. The Morgan fingerprint density at radius 3 is 2.59 bits per heavy atom. The summed E-state index contributed by atoms with van der Waals surface area (Å²) in [5.41, 5.74) is 0.642. The number of nitrogens with zero attached hydrogens (tertiary/aromatic N) is 1. The number of aryl methyl sites for hydroxylation is 1. The Morgan fingerprint density at radius 1 is 1.18 bits per heavy atom. The van der Waals surface area contributed by atoms with Gasteiger partial charge in [0.1, 0.15) is 11.7 Å². The van der Waals surface area contributed by atoms with Crippen LogP contribution in [0.3, 0.4) is 0 Å². The minimum Gasteiger partial charge on any atom is -0.378 e. The second-order valence-electron chi connectivity index (χ2n) is 5.03. The predicted octanol–water partition coefficient (Wildman–Crippen LogP) is 2.88. The number of para-hydroxylation sites is 1. The van der Waals surface area contributed by atoms with Crippen molar-refractivity contribution < 1.29 is 9.67 Å². The molecule has 2 aromatic rings. The Morgan fingerprint density at radius 2 is 1.88 bits per heavy atom. The van der Waals surface area contributed by atoms with Crippen LogP contribution in [0.15, 0.2) is 24.3 Å². The molecule has 0 amide bonds. The van der Waals surface area contributed by atoms with Crippen LogP contribution >= 0.6 is 11.3 Å². The maximum atomic E-state index is 10.8. The molecular formula is C14H18NOS+. The van der Waals surface area contributed by atoms with Crippen LogP contribution in [0.25, 0.3) is 10.2 Å². The lowest BCUT2D eigenvalue weighted by molar-refractivity contribution is -0.656. The van der Waals surface area contributed by atoms with Crippen LogP contribution in [0, 0.1) is 0 Å². The summed E-state index contributed by atoms with van der Waals surface area (Å²) in [6.07, 6.45) is 5.37. The monoisotopic (exact) mass is 248 g/mol. The van der Waals surface area contributed by atoms with Gasteiger partial charge in [-0.1, -0.05) is 29.9 Å². The fourth-order valence-electron chi connectivity index (χ4n) is 2.86. The quantitative estimate of drug-likeness (QED) is 0.771. The van der Waals surface area contributed by atoms with Gasteiger partial charge in [-0.05, 0) is 31.7 Å². The van der Waals surface area contributed by atoms with Crippen molar-refractivity contribution in [2.75, 3.05) is 0 Å². The van der Waals surface area contributed by atoms with Gasteiger partial charge in [0, 0.05) is 6.07 Å². The molecule has 1 aliphatic carbocycles. The second-order valence-corrected chi connectivity index (χ2v) is 6.06. The first-order chi connectivity index (χ1) is 8.21. The molecule has 0 bridgehead atoms. The summed E-state index contributed by atoms with van der Waals surface area (Å²) in [5.74, 6) is 0. The van der Waals surface area contributed by atoms with Crippen LogP contribution in [-0.4, -0.2) is 5.11 Å². The largest absolute Gasteiger partial charge is 0.378 e. The van der Waals surface area contributed by atoms with E-state index in [4.69, 9.17) is 0 Å². The second kappa shape index (κ2) is 4.07. The van der Waals surface area contributed by atoms with Gasteiger partial charge in [0.15, 0.2) is 5.60 Å². The Kier molecular flexibility index (Phi) is 2.68. The van der Waals surface area contributed by atoms with Gasteiger partial charge >= 0.3 is 0 Å². The lowest BCUT2D eigenvalue weighted by atomic mass is 9.85. The zero-order chi connectivity index (χ0) is 11.9. The molecule has 1 aliphatic rings. The van der Waals surface area contributed by atoms with Crippen molar-refractivity contribution in [1.29, 1.82) is 0 Å². The molecule has 3 heteroatoms. The smallest absolute Gasteiger partial charge is 0.270 e. The van der Waals surface area contributed by atoms with Crippen LogP contribution in [-0.2, 0) is 12.6 Å². The molecule has 1 heterocycles. The Bertz CT molecular complexity index is 540. The average Bonchev–Trinajstić information content (AvgIpc) is 2.69. The van der Waals surface area contributed by atoms with E-state index >= 15 is 0 Å². The van der Waals surface area contributed by atoms with E-state index in [2.05, 4.69) is 35.9 Å².